The highest BCUT2D eigenvalue weighted by Crippen LogP contribution is 1.32. The molecule has 0 rings (SSSR count). The lowest BCUT2D eigenvalue weighted by Crippen LogP contribution is -2.17. The molecule has 0 heterocycles. The first-order valence-electron chi connectivity index (χ1n) is 0.632. The van der Waals surface area contributed by atoms with Gasteiger partial charge in [-0.2, -0.15) is 0 Å². The second-order valence-corrected chi connectivity index (χ2v) is 0.266. The van der Waals surface area contributed by atoms with E-state index in [4.69, 9.17) is 15.0 Å². The summed E-state index contributed by atoms with van der Waals surface area (Å²) >= 11 is 0. The highest BCUT2D eigenvalue weighted by Gasteiger charge is 1.51. The van der Waals surface area contributed by atoms with E-state index in [1.807, 2.05) is 0 Å². The monoisotopic (exact) mass is 96.0 g/mol. The topological polar surface area (TPSA) is 60.4 Å². The van der Waals surface area contributed by atoms with Crippen LogP contribution in [0.15, 0.2) is 0 Å². The second-order valence-electron chi connectivity index (χ2n) is 0.266. The summed E-state index contributed by atoms with van der Waals surface area (Å²) in [6.07, 6.45) is -2.08. The third-order valence-corrected chi connectivity index (χ3v) is 0. The second kappa shape index (κ2) is 3.56. The standard InChI is InChI=1S/CH2O3.Cl/c2-1(3)4;/h(H2,2,3,4);/q;+1/p-1. The van der Waals surface area contributed by atoms with Gasteiger partial charge >= 0.3 is 12.4 Å². The van der Waals surface area contributed by atoms with Crippen LogP contribution in [0.2, 0.25) is 0 Å². The van der Waals surface area contributed by atoms with Gasteiger partial charge in [0.05, 0.1) is 0 Å². The zero-order valence-electron chi connectivity index (χ0n) is 2.14. The van der Waals surface area contributed by atoms with E-state index in [0.29, 0.717) is 0 Å². The molecular weight excluding hydrogens is 95.5 g/mol. The average Bonchev–Trinajstić information content (AvgIpc) is 0.811. The van der Waals surface area contributed by atoms with Crippen LogP contribution in [-0.2, 0) is 0 Å². The Kier molecular flexibility index (Phi) is 6.28. The molecule has 0 fully saturated rings. The first-order valence-corrected chi connectivity index (χ1v) is 0.632. The molecule has 0 saturated heterocycles. The molecule has 30 valence electrons. The fourth-order valence-corrected chi connectivity index (χ4v) is 0. The summed E-state index contributed by atoms with van der Waals surface area (Å²) in [5.41, 5.74) is 0. The molecule has 2 radical (unpaired) electrons. The largest absolute Gasteiger partial charge is 1.00 e. The Hall–Kier alpha value is -0.440. The first-order chi connectivity index (χ1) is 1.73. The van der Waals surface area contributed by atoms with Crippen LogP contribution in [0.3, 0.4) is 0 Å². The van der Waals surface area contributed by atoms with Crippen molar-refractivity contribution in [1.82, 2.24) is 0 Å². The number of carbonyl (C=O) groups is 1. The van der Waals surface area contributed by atoms with E-state index in [-0.39, 0.29) is 12.4 Å². The van der Waals surface area contributed by atoms with Gasteiger partial charge in [-0.15, -0.1) is 0 Å². The lowest BCUT2D eigenvalue weighted by Gasteiger charge is -1.74. The summed E-state index contributed by atoms with van der Waals surface area (Å²) in [4.78, 5) is 8.44. The lowest BCUT2D eigenvalue weighted by molar-refractivity contribution is -0.275. The van der Waals surface area contributed by atoms with Crippen molar-refractivity contribution in [3.63, 3.8) is 0 Å². The van der Waals surface area contributed by atoms with Gasteiger partial charge in [0.15, 0.2) is 0 Å². The van der Waals surface area contributed by atoms with Crippen LogP contribution in [0.5, 0.6) is 0 Å². The van der Waals surface area contributed by atoms with Crippen LogP contribution in [0.1, 0.15) is 0 Å². The predicted molar refractivity (Wildman–Crippen MR) is 8.02 cm³/mol. The summed E-state index contributed by atoms with van der Waals surface area (Å²) in [5, 5.41) is 15.3. The van der Waals surface area contributed by atoms with Crippen molar-refractivity contribution in [2.45, 2.75) is 0 Å². The predicted octanol–water partition coefficient (Wildman–Crippen LogP) is -1.11. The maximum Gasteiger partial charge on any atom is 1.00 e. The van der Waals surface area contributed by atoms with E-state index < -0.39 is 6.16 Å². The van der Waals surface area contributed by atoms with Gasteiger partial charge in [-0.3, -0.25) is 0 Å². The molecule has 0 aromatic heterocycles. The Bertz CT molecular complexity index is 29.9. The minimum Gasteiger partial charge on any atom is -0.565 e. The fraction of sp³-hybridized carbons (Fsp3) is 0. The van der Waals surface area contributed by atoms with E-state index in [1.54, 1.807) is 0 Å². The summed E-state index contributed by atoms with van der Waals surface area (Å²) < 4.78 is 0. The zero-order chi connectivity index (χ0) is 3.58. The Balaban J connectivity index is 0. The maximum atomic E-state index is 8.44. The molecule has 4 heteroatoms. The van der Waals surface area contributed by atoms with Crippen molar-refractivity contribution in [2.75, 3.05) is 0 Å². The molecule has 0 amide bonds. The number of halogens is 1. The number of hydrogen-bond donors (Lipinski definition) is 1. The van der Waals surface area contributed by atoms with Gasteiger partial charge in [-0.25, -0.2) is 0 Å². The molecule has 3 nitrogen and oxygen atoms in total. The summed E-state index contributed by atoms with van der Waals surface area (Å²) in [5.74, 6) is 0. The van der Waals surface area contributed by atoms with Crippen molar-refractivity contribution >= 4 is 6.16 Å². The van der Waals surface area contributed by atoms with Crippen molar-refractivity contribution in [1.29, 1.82) is 0 Å². The molecule has 0 atom stereocenters. The van der Waals surface area contributed by atoms with Crippen molar-refractivity contribution in [3.8, 4) is 0 Å². The van der Waals surface area contributed by atoms with Gasteiger partial charge in [-0.05, 0) is 0 Å². The van der Waals surface area contributed by atoms with E-state index in [1.165, 1.54) is 0 Å². The van der Waals surface area contributed by atoms with Gasteiger partial charge in [-0.1, -0.05) is 0 Å². The molecule has 1 N–H and O–H groups in total. The Morgan fingerprint density at radius 1 is 1.80 bits per heavy atom. The van der Waals surface area contributed by atoms with Crippen LogP contribution in [-0.4, -0.2) is 11.3 Å². The Morgan fingerprint density at radius 2 is 1.80 bits per heavy atom. The van der Waals surface area contributed by atoms with Crippen LogP contribution in [0.4, 0.5) is 4.79 Å². The molecule has 5 heavy (non-hydrogen) atoms. The molecule has 0 bridgehead atoms. The molecular formula is CHClO3. The van der Waals surface area contributed by atoms with Crippen molar-refractivity contribution < 1.29 is 27.4 Å². The number of carboxylic acid groups (broad SMARTS) is 2. The van der Waals surface area contributed by atoms with E-state index >= 15 is 0 Å². The minimum atomic E-state index is -2.08. The quantitative estimate of drug-likeness (QED) is 0.416. The van der Waals surface area contributed by atoms with E-state index in [2.05, 4.69) is 0 Å². The van der Waals surface area contributed by atoms with Crippen LogP contribution in [0, 0.1) is 12.4 Å². The van der Waals surface area contributed by atoms with Gasteiger partial charge in [0.25, 0.3) is 0 Å². The van der Waals surface area contributed by atoms with Crippen molar-refractivity contribution in [2.24, 2.45) is 0 Å². The Morgan fingerprint density at radius 3 is 1.80 bits per heavy atom. The summed E-state index contributed by atoms with van der Waals surface area (Å²) in [7, 11) is 0. The molecule has 0 aromatic carbocycles. The van der Waals surface area contributed by atoms with Gasteiger partial charge < -0.3 is 15.0 Å². The SMILES string of the molecule is O=C([O-])O.[Cl+]. The number of rotatable bonds is 0. The van der Waals surface area contributed by atoms with Crippen LogP contribution in [0.25, 0.3) is 0 Å². The lowest BCUT2D eigenvalue weighted by atomic mass is 11.5. The molecule has 0 aromatic rings. The highest BCUT2D eigenvalue weighted by molar-refractivity contribution is 5.50. The minimum absolute atomic E-state index is 0. The first kappa shape index (κ1) is 8.82. The molecule has 0 saturated carbocycles. The number of hydrogen-bond acceptors (Lipinski definition) is 2. The van der Waals surface area contributed by atoms with E-state index in [0.717, 1.165) is 0 Å². The third kappa shape index (κ3) is 44.8. The fourth-order valence-electron chi connectivity index (χ4n) is 0. The zero-order valence-corrected chi connectivity index (χ0v) is 2.90. The maximum absolute atomic E-state index is 8.44. The molecule has 0 aliphatic heterocycles. The summed E-state index contributed by atoms with van der Waals surface area (Å²) in [6.45, 7) is 0. The molecule has 0 spiro atoms. The normalized spacial score (nSPS) is 4.80. The van der Waals surface area contributed by atoms with Gasteiger partial charge in [0, 0.05) is 0 Å². The van der Waals surface area contributed by atoms with Crippen LogP contribution >= 0.6 is 0 Å². The smallest absolute Gasteiger partial charge is 0.565 e. The van der Waals surface area contributed by atoms with Crippen LogP contribution < -0.4 is 5.11 Å². The average molecular weight is 96.5 g/mol. The summed E-state index contributed by atoms with van der Waals surface area (Å²) in [6, 6.07) is 0. The molecule has 0 unspecified atom stereocenters. The molecule has 0 aliphatic carbocycles. The Labute approximate surface area is 34.6 Å². The third-order valence-electron chi connectivity index (χ3n) is 0. The highest BCUT2D eigenvalue weighted by atomic mass is 35.5. The van der Waals surface area contributed by atoms with Gasteiger partial charge in [0.1, 0.15) is 0 Å². The van der Waals surface area contributed by atoms with Gasteiger partial charge in [0.2, 0.25) is 6.16 Å². The van der Waals surface area contributed by atoms with E-state index in [9.17, 15) is 0 Å². The molecule has 0 aliphatic rings. The van der Waals surface area contributed by atoms with Crippen molar-refractivity contribution in [3.05, 3.63) is 0 Å².